The van der Waals surface area contributed by atoms with Crippen molar-refractivity contribution in [3.8, 4) is 0 Å². The molecule has 4 heterocycles. The number of carbonyl (C=O) groups is 1. The first-order valence-electron chi connectivity index (χ1n) is 12.9. The van der Waals surface area contributed by atoms with E-state index in [0.717, 1.165) is 0 Å². The van der Waals surface area contributed by atoms with E-state index in [1.165, 1.54) is 17.7 Å². The van der Waals surface area contributed by atoms with Crippen LogP contribution in [0.3, 0.4) is 0 Å². The van der Waals surface area contributed by atoms with Crippen LogP contribution in [0.1, 0.15) is 41.7 Å². The van der Waals surface area contributed by atoms with Crippen LogP contribution in [0.15, 0.2) is 29.3 Å². The van der Waals surface area contributed by atoms with Crippen LogP contribution in [0, 0.1) is 6.92 Å². The monoisotopic (exact) mass is 527 g/mol. The molecule has 17 heteroatoms. The van der Waals surface area contributed by atoms with Crippen LogP contribution < -0.4 is 21.1 Å². The number of hydrogen-bond acceptors (Lipinski definition) is 8. The molecular weight excluding hydrogens is 505 g/mol. The minimum atomic E-state index is -1.43. The van der Waals surface area contributed by atoms with Crippen LogP contribution in [-0.2, 0) is 0 Å². The number of Topliss-reactive ketones (excluding diaryl/α,β-unsaturated/α-hetero) is 1. The maximum Gasteiger partial charge on any atom is 0.263 e. The Morgan fingerprint density at radius 2 is 1.59 bits per heavy atom. The first-order valence-corrected chi connectivity index (χ1v) is 12.9. The topological polar surface area (TPSA) is 105 Å². The second-order valence-corrected chi connectivity index (χ2v) is 11.4. The number of hydrogen-bond donors (Lipinski definition) is 2. The van der Waals surface area contributed by atoms with Crippen LogP contribution in [0.25, 0.3) is 11.0 Å². The van der Waals surface area contributed by atoms with Crippen LogP contribution in [0.2, 0.25) is 10.4 Å². The number of piperazine rings is 1. The number of carbonyl (C=O) groups excluding carboxylic acids is 1. The summed E-state index contributed by atoms with van der Waals surface area (Å²) < 4.78 is 1.23. The molecule has 1 saturated carbocycles. The van der Waals surface area contributed by atoms with Gasteiger partial charge in [-0.25, -0.2) is 9.97 Å². The Bertz CT molecular complexity index is 1560. The Morgan fingerprint density at radius 3 is 2.12 bits per heavy atom. The molecule has 1 aliphatic carbocycles. The first-order chi connectivity index (χ1) is 18.9. The van der Waals surface area contributed by atoms with E-state index < -0.39 is 38.5 Å². The summed E-state index contributed by atoms with van der Waals surface area (Å²) in [7, 11) is 49.7. The maximum absolute atomic E-state index is 13.7. The van der Waals surface area contributed by atoms with Gasteiger partial charge < -0.3 is 15.5 Å². The lowest BCUT2D eigenvalue weighted by Crippen LogP contribution is -2.73. The zero-order valence-electron chi connectivity index (χ0n) is 22.9. The van der Waals surface area contributed by atoms with Crippen molar-refractivity contribution in [2.24, 2.45) is 0 Å². The maximum atomic E-state index is 13.7. The SMILES string of the molecule is [B]C1([B])CN(c2ccc(Nc3ncc4c(C)c(C(C)=O)c(=O)n(C5C([B])([B])CCC5([B])[B])c4n3)nc2)CC([B])([B])N1. The molecule has 41 heavy (non-hydrogen) atoms. The molecule has 2 N–H and O–H groups in total. The van der Waals surface area contributed by atoms with E-state index in [2.05, 4.69) is 25.6 Å². The fourth-order valence-electron chi connectivity index (χ4n) is 5.88. The van der Waals surface area contributed by atoms with Crippen molar-refractivity contribution in [3.05, 3.63) is 46.0 Å². The summed E-state index contributed by atoms with van der Waals surface area (Å²) in [5, 5.41) is 0.787. The van der Waals surface area contributed by atoms with Crippen molar-refractivity contribution in [1.82, 2.24) is 24.8 Å². The molecule has 9 nitrogen and oxygen atoms in total. The minimum Gasteiger partial charge on any atom is -0.370 e. The number of aromatic nitrogens is 4. The normalized spacial score (nSPS) is 21.1. The third-order valence-electron chi connectivity index (χ3n) is 7.55. The van der Waals surface area contributed by atoms with Crippen molar-refractivity contribution in [1.29, 1.82) is 0 Å². The highest BCUT2D eigenvalue weighted by atomic mass is 16.1. The van der Waals surface area contributed by atoms with Crippen LogP contribution in [0.4, 0.5) is 17.5 Å². The first kappa shape index (κ1) is 29.7. The summed E-state index contributed by atoms with van der Waals surface area (Å²) in [4.78, 5) is 41.5. The predicted octanol–water partition coefficient (Wildman–Crippen LogP) is -0.926. The minimum absolute atomic E-state index is 0.0385. The van der Waals surface area contributed by atoms with Gasteiger partial charge in [-0.05, 0) is 42.2 Å². The number of fused-ring (bicyclic) bond motifs is 1. The zero-order valence-corrected chi connectivity index (χ0v) is 22.9. The molecule has 3 aromatic heterocycles. The Balaban J connectivity index is 1.54. The fraction of sp³-hybridized carbons (Fsp3) is 0.458. The quantitative estimate of drug-likeness (QED) is 0.325. The van der Waals surface area contributed by atoms with Gasteiger partial charge in [-0.1, -0.05) is 23.3 Å². The number of aryl methyl sites for hydroxylation is 1. The lowest BCUT2D eigenvalue weighted by atomic mass is 9.43. The van der Waals surface area contributed by atoms with Crippen LogP contribution in [0.5, 0.6) is 0 Å². The fourth-order valence-corrected chi connectivity index (χ4v) is 5.88. The highest BCUT2D eigenvalue weighted by Gasteiger charge is 2.47. The number of nitrogens with one attached hydrogen (secondary N) is 2. The molecule has 2 aliphatic rings. The number of nitrogens with zero attached hydrogens (tertiary/aromatic N) is 5. The van der Waals surface area contributed by atoms with Gasteiger partial charge in [0, 0.05) is 30.7 Å². The number of pyridine rings is 2. The van der Waals surface area contributed by atoms with E-state index in [0.29, 0.717) is 22.5 Å². The Hall–Kier alpha value is -2.81. The number of anilines is 3. The van der Waals surface area contributed by atoms with Gasteiger partial charge in [0.1, 0.15) is 11.5 Å². The molecule has 0 spiro atoms. The molecule has 0 bridgehead atoms. The van der Waals surface area contributed by atoms with Crippen LogP contribution in [-0.4, -0.2) is 112 Å². The molecule has 3 aromatic rings. The van der Waals surface area contributed by atoms with Crippen molar-refractivity contribution in [3.63, 3.8) is 0 Å². The van der Waals surface area contributed by atoms with Crippen LogP contribution >= 0.6 is 0 Å². The van der Waals surface area contributed by atoms with Gasteiger partial charge in [0.25, 0.3) is 5.56 Å². The number of rotatable bonds is 5. The number of ketones is 1. The van der Waals surface area contributed by atoms with Crippen molar-refractivity contribution < 1.29 is 4.79 Å². The molecule has 188 valence electrons. The van der Waals surface area contributed by atoms with E-state index in [9.17, 15) is 9.59 Å². The molecular formula is C24H21B8N7O2. The highest BCUT2D eigenvalue weighted by Crippen LogP contribution is 2.59. The summed E-state index contributed by atoms with van der Waals surface area (Å²) in [6.45, 7) is 3.43. The Labute approximate surface area is 249 Å². The molecule has 2 fully saturated rings. The average Bonchev–Trinajstić information content (AvgIpc) is 3.05. The summed E-state index contributed by atoms with van der Waals surface area (Å²) in [6, 6.07) is 2.41. The molecule has 1 saturated heterocycles. The third-order valence-corrected chi connectivity index (χ3v) is 7.55. The molecule has 0 atom stereocenters. The Kier molecular flexibility index (Phi) is 7.16. The predicted molar refractivity (Wildman–Crippen MR) is 167 cm³/mol. The van der Waals surface area contributed by atoms with E-state index in [4.69, 9.17) is 62.8 Å². The van der Waals surface area contributed by atoms with Crippen molar-refractivity contribution in [2.45, 2.75) is 53.8 Å². The average molecular weight is 526 g/mol. The van der Waals surface area contributed by atoms with Gasteiger partial charge in [0.05, 0.1) is 80.2 Å². The van der Waals surface area contributed by atoms with Gasteiger partial charge in [-0.15, -0.1) is 0 Å². The van der Waals surface area contributed by atoms with Gasteiger partial charge in [0.2, 0.25) is 5.95 Å². The van der Waals surface area contributed by atoms with Gasteiger partial charge in [0.15, 0.2) is 5.78 Å². The second kappa shape index (κ2) is 9.89. The highest BCUT2D eigenvalue weighted by molar-refractivity contribution is 6.46. The Morgan fingerprint density at radius 1 is 0.976 bits per heavy atom. The third kappa shape index (κ3) is 5.54. The largest absolute Gasteiger partial charge is 0.370 e. The lowest BCUT2D eigenvalue weighted by molar-refractivity contribution is 0.101. The standard InChI is InChI=1S/C24H21B8N7O2/c1-11-14-8-34-20(35-15-4-3-13(7-33-15)38-9-23(29,30)37-24(31,32)10-38)36-17(14)39(18(41)16(11)12(2)40)19-21(25,26)5-6-22(19,27)28/h3-4,7-8,19,37H,5-6,9-10H2,1-2H3,(H,33,34,35,36). The molecule has 0 amide bonds. The molecule has 0 unspecified atom stereocenters. The summed E-state index contributed by atoms with van der Waals surface area (Å²) in [5.41, 5.74) is 0.601. The van der Waals surface area contributed by atoms with E-state index in [1.807, 2.05) is 4.90 Å². The van der Waals surface area contributed by atoms with Gasteiger partial charge >= 0.3 is 0 Å². The van der Waals surface area contributed by atoms with Gasteiger partial charge in [-0.2, -0.15) is 4.98 Å². The molecule has 1 aliphatic heterocycles. The summed E-state index contributed by atoms with van der Waals surface area (Å²) in [5.74, 6) is 0.0817. The van der Waals surface area contributed by atoms with Crippen molar-refractivity contribution in [2.75, 3.05) is 23.3 Å². The lowest BCUT2D eigenvalue weighted by Gasteiger charge is -2.51. The van der Waals surface area contributed by atoms with E-state index >= 15 is 0 Å². The molecule has 16 radical (unpaired) electrons. The summed E-state index contributed by atoms with van der Waals surface area (Å²) >= 11 is 0. The van der Waals surface area contributed by atoms with E-state index in [-0.39, 0.29) is 43.1 Å². The van der Waals surface area contributed by atoms with E-state index in [1.54, 1.807) is 25.3 Å². The molecule has 0 aromatic carbocycles. The van der Waals surface area contributed by atoms with Gasteiger partial charge in [-0.3, -0.25) is 14.2 Å². The van der Waals surface area contributed by atoms with Crippen molar-refractivity contribution >= 4 is 97.0 Å². The molecule has 5 rings (SSSR count). The summed E-state index contributed by atoms with van der Waals surface area (Å²) in [6.07, 6.45) is 3.60. The zero-order chi connectivity index (χ0) is 30.1. The smallest absolute Gasteiger partial charge is 0.263 e. The second-order valence-electron chi connectivity index (χ2n) is 11.4.